The number of hydrogen-bond acceptors (Lipinski definition) is 4. The summed E-state index contributed by atoms with van der Waals surface area (Å²) in [7, 11) is 1.28. The van der Waals surface area contributed by atoms with E-state index in [4.69, 9.17) is 9.84 Å². The van der Waals surface area contributed by atoms with Gasteiger partial charge in [-0.25, -0.2) is 9.59 Å². The molecule has 1 unspecified atom stereocenters. The van der Waals surface area contributed by atoms with Crippen LogP contribution in [0.4, 0.5) is 4.79 Å². The molecule has 0 bridgehead atoms. The SMILES string of the molecule is COC(=O)C=CC1CN(C(=O)O)CCO1. The molecular weight excluding hydrogens is 202 g/mol. The van der Waals surface area contributed by atoms with Crippen LogP contribution in [0.25, 0.3) is 0 Å². The molecule has 84 valence electrons. The first-order valence-corrected chi connectivity index (χ1v) is 4.49. The fourth-order valence-corrected chi connectivity index (χ4v) is 1.22. The van der Waals surface area contributed by atoms with Crippen LogP contribution in [-0.4, -0.2) is 55.0 Å². The Hall–Kier alpha value is -1.56. The Morgan fingerprint density at radius 3 is 2.93 bits per heavy atom. The highest BCUT2D eigenvalue weighted by Gasteiger charge is 2.21. The third-order valence-electron chi connectivity index (χ3n) is 2.01. The molecule has 0 aromatic carbocycles. The van der Waals surface area contributed by atoms with Crippen LogP contribution in [0.15, 0.2) is 12.2 Å². The topological polar surface area (TPSA) is 76.1 Å². The number of carbonyl (C=O) groups is 2. The summed E-state index contributed by atoms with van der Waals surface area (Å²) in [5, 5.41) is 8.73. The van der Waals surface area contributed by atoms with E-state index in [1.54, 1.807) is 0 Å². The summed E-state index contributed by atoms with van der Waals surface area (Å²) in [5.74, 6) is -0.481. The molecule has 15 heavy (non-hydrogen) atoms. The Morgan fingerprint density at radius 1 is 1.60 bits per heavy atom. The molecule has 0 radical (unpaired) electrons. The monoisotopic (exact) mass is 215 g/mol. The summed E-state index contributed by atoms with van der Waals surface area (Å²) >= 11 is 0. The van der Waals surface area contributed by atoms with Gasteiger partial charge < -0.3 is 19.5 Å². The fraction of sp³-hybridized carbons (Fsp3) is 0.556. The molecule has 1 rings (SSSR count). The van der Waals surface area contributed by atoms with Gasteiger partial charge in [-0.3, -0.25) is 0 Å². The maximum atomic E-state index is 10.8. The van der Waals surface area contributed by atoms with Gasteiger partial charge in [-0.05, 0) is 6.08 Å². The Bertz CT molecular complexity index is 276. The largest absolute Gasteiger partial charge is 0.466 e. The zero-order chi connectivity index (χ0) is 11.3. The molecule has 0 saturated carbocycles. The van der Waals surface area contributed by atoms with E-state index in [1.165, 1.54) is 24.2 Å². The molecule has 1 atom stereocenters. The zero-order valence-electron chi connectivity index (χ0n) is 8.38. The van der Waals surface area contributed by atoms with Crippen LogP contribution in [0.1, 0.15) is 0 Å². The van der Waals surface area contributed by atoms with Crippen molar-refractivity contribution in [2.45, 2.75) is 6.10 Å². The van der Waals surface area contributed by atoms with E-state index in [-0.39, 0.29) is 12.6 Å². The highest BCUT2D eigenvalue weighted by atomic mass is 16.5. The highest BCUT2D eigenvalue weighted by molar-refractivity contribution is 5.81. The zero-order valence-corrected chi connectivity index (χ0v) is 8.38. The van der Waals surface area contributed by atoms with E-state index < -0.39 is 12.1 Å². The lowest BCUT2D eigenvalue weighted by Crippen LogP contribution is -2.44. The number of carbonyl (C=O) groups excluding carboxylic acids is 1. The summed E-state index contributed by atoms with van der Waals surface area (Å²) in [6, 6.07) is 0. The van der Waals surface area contributed by atoms with Gasteiger partial charge in [-0.1, -0.05) is 0 Å². The maximum Gasteiger partial charge on any atom is 0.407 e. The van der Waals surface area contributed by atoms with Gasteiger partial charge in [0.25, 0.3) is 0 Å². The van der Waals surface area contributed by atoms with Crippen molar-refractivity contribution in [3.8, 4) is 0 Å². The standard InChI is InChI=1S/C9H13NO5/c1-14-8(11)3-2-7-6-10(9(12)13)4-5-15-7/h2-3,7H,4-6H2,1H3,(H,12,13). The molecule has 1 N–H and O–H groups in total. The van der Waals surface area contributed by atoms with Crippen LogP contribution in [-0.2, 0) is 14.3 Å². The van der Waals surface area contributed by atoms with Crippen molar-refractivity contribution in [3.05, 3.63) is 12.2 Å². The van der Waals surface area contributed by atoms with Crippen molar-refractivity contribution in [1.29, 1.82) is 0 Å². The van der Waals surface area contributed by atoms with E-state index in [2.05, 4.69) is 4.74 Å². The lowest BCUT2D eigenvalue weighted by atomic mass is 10.2. The third kappa shape index (κ3) is 3.59. The number of hydrogen-bond donors (Lipinski definition) is 1. The normalized spacial score (nSPS) is 21.7. The first-order chi connectivity index (χ1) is 7.13. The smallest absolute Gasteiger partial charge is 0.407 e. The molecule has 0 spiro atoms. The average Bonchev–Trinajstić information content (AvgIpc) is 2.26. The number of carboxylic acid groups (broad SMARTS) is 1. The van der Waals surface area contributed by atoms with Gasteiger partial charge in [0.1, 0.15) is 0 Å². The van der Waals surface area contributed by atoms with Crippen molar-refractivity contribution < 1.29 is 24.2 Å². The van der Waals surface area contributed by atoms with Crippen LogP contribution in [0.5, 0.6) is 0 Å². The maximum absolute atomic E-state index is 10.8. The van der Waals surface area contributed by atoms with Gasteiger partial charge in [-0.2, -0.15) is 0 Å². The highest BCUT2D eigenvalue weighted by Crippen LogP contribution is 2.06. The van der Waals surface area contributed by atoms with Gasteiger partial charge in [-0.15, -0.1) is 0 Å². The molecule has 1 heterocycles. The number of rotatable bonds is 2. The van der Waals surface area contributed by atoms with E-state index >= 15 is 0 Å². The Balaban J connectivity index is 2.46. The summed E-state index contributed by atoms with van der Waals surface area (Å²) in [5.41, 5.74) is 0. The molecule has 1 aliphatic rings. The second-order valence-corrected chi connectivity index (χ2v) is 3.02. The molecule has 1 fully saturated rings. The number of nitrogens with zero attached hydrogens (tertiary/aromatic N) is 1. The number of morpholine rings is 1. The summed E-state index contributed by atoms with van der Waals surface area (Å²) < 4.78 is 9.66. The van der Waals surface area contributed by atoms with Gasteiger partial charge in [0, 0.05) is 12.6 Å². The number of methoxy groups -OCH3 is 1. The Labute approximate surface area is 87.1 Å². The van der Waals surface area contributed by atoms with Crippen molar-refractivity contribution in [2.24, 2.45) is 0 Å². The van der Waals surface area contributed by atoms with Crippen LogP contribution in [0.2, 0.25) is 0 Å². The van der Waals surface area contributed by atoms with E-state index in [9.17, 15) is 9.59 Å². The quantitative estimate of drug-likeness (QED) is 0.522. The predicted octanol–water partition coefficient (Wildman–Crippen LogP) is 0.0944. The van der Waals surface area contributed by atoms with Crippen molar-refractivity contribution >= 4 is 12.1 Å². The Kier molecular flexibility index (Phi) is 4.11. The minimum Gasteiger partial charge on any atom is -0.466 e. The summed E-state index contributed by atoms with van der Waals surface area (Å²) in [6.45, 7) is 0.934. The van der Waals surface area contributed by atoms with Crippen LogP contribution in [0.3, 0.4) is 0 Å². The molecule has 6 heteroatoms. The number of amides is 1. The second kappa shape index (κ2) is 5.35. The molecule has 1 saturated heterocycles. The van der Waals surface area contributed by atoms with Crippen LogP contribution >= 0.6 is 0 Å². The van der Waals surface area contributed by atoms with Crippen molar-refractivity contribution in [3.63, 3.8) is 0 Å². The third-order valence-corrected chi connectivity index (χ3v) is 2.01. The number of ether oxygens (including phenoxy) is 2. The lowest BCUT2D eigenvalue weighted by molar-refractivity contribution is -0.134. The minimum atomic E-state index is -0.977. The average molecular weight is 215 g/mol. The second-order valence-electron chi connectivity index (χ2n) is 3.02. The number of esters is 1. The van der Waals surface area contributed by atoms with E-state index in [0.29, 0.717) is 13.2 Å². The first-order valence-electron chi connectivity index (χ1n) is 4.49. The minimum absolute atomic E-state index is 0.239. The van der Waals surface area contributed by atoms with Crippen molar-refractivity contribution in [2.75, 3.05) is 26.8 Å². The van der Waals surface area contributed by atoms with Crippen LogP contribution < -0.4 is 0 Å². The van der Waals surface area contributed by atoms with Gasteiger partial charge in [0.05, 0.1) is 26.4 Å². The molecular formula is C9H13NO5. The van der Waals surface area contributed by atoms with Gasteiger partial charge in [0.15, 0.2) is 0 Å². The molecule has 0 aromatic heterocycles. The van der Waals surface area contributed by atoms with Gasteiger partial charge >= 0.3 is 12.1 Å². The predicted molar refractivity (Wildman–Crippen MR) is 50.5 cm³/mol. The molecule has 0 aliphatic carbocycles. The van der Waals surface area contributed by atoms with Gasteiger partial charge in [0.2, 0.25) is 0 Å². The molecule has 6 nitrogen and oxygen atoms in total. The molecule has 0 aromatic rings. The summed E-state index contributed by atoms with van der Waals surface area (Å²) in [6.07, 6.45) is 1.38. The Morgan fingerprint density at radius 2 is 2.33 bits per heavy atom. The molecule has 1 aliphatic heterocycles. The fourth-order valence-electron chi connectivity index (χ4n) is 1.22. The van der Waals surface area contributed by atoms with E-state index in [0.717, 1.165) is 0 Å². The molecule has 1 amide bonds. The summed E-state index contributed by atoms with van der Waals surface area (Å²) in [4.78, 5) is 22.7. The van der Waals surface area contributed by atoms with Crippen LogP contribution in [0, 0.1) is 0 Å². The lowest BCUT2D eigenvalue weighted by Gasteiger charge is -2.29. The first kappa shape index (κ1) is 11.5. The van der Waals surface area contributed by atoms with E-state index in [1.807, 2.05) is 0 Å². The van der Waals surface area contributed by atoms with Crippen molar-refractivity contribution in [1.82, 2.24) is 4.90 Å².